The summed E-state index contributed by atoms with van der Waals surface area (Å²) in [7, 11) is 0. The van der Waals surface area contributed by atoms with Crippen LogP contribution in [0.25, 0.3) is 0 Å². The quantitative estimate of drug-likeness (QED) is 0.591. The van der Waals surface area contributed by atoms with Gasteiger partial charge in [-0.25, -0.2) is 0 Å². The SMILES string of the molecule is CCCC1NCC(=O)N1CC(N)=O. The first-order valence-electron chi connectivity index (χ1n) is 4.46. The molecule has 0 aliphatic carbocycles. The third-order valence-electron chi connectivity index (χ3n) is 2.07. The summed E-state index contributed by atoms with van der Waals surface area (Å²) in [4.78, 5) is 23.4. The normalized spacial score (nSPS) is 22.4. The van der Waals surface area contributed by atoms with Gasteiger partial charge in [0, 0.05) is 0 Å². The number of nitrogens with zero attached hydrogens (tertiary/aromatic N) is 1. The molecule has 5 nitrogen and oxygen atoms in total. The molecular formula is C8H15N3O2. The zero-order valence-corrected chi connectivity index (χ0v) is 7.75. The number of hydrogen-bond acceptors (Lipinski definition) is 3. The number of rotatable bonds is 4. The third-order valence-corrected chi connectivity index (χ3v) is 2.07. The van der Waals surface area contributed by atoms with Gasteiger partial charge in [-0.2, -0.15) is 0 Å². The summed E-state index contributed by atoms with van der Waals surface area (Å²) in [6.45, 7) is 2.38. The number of nitrogens with one attached hydrogen (secondary N) is 1. The van der Waals surface area contributed by atoms with Gasteiger partial charge in [0.25, 0.3) is 0 Å². The van der Waals surface area contributed by atoms with Crippen molar-refractivity contribution < 1.29 is 9.59 Å². The molecule has 13 heavy (non-hydrogen) atoms. The summed E-state index contributed by atoms with van der Waals surface area (Å²) in [5, 5.41) is 3.03. The number of amides is 2. The minimum Gasteiger partial charge on any atom is -0.368 e. The predicted molar refractivity (Wildman–Crippen MR) is 47.6 cm³/mol. The number of primary amides is 1. The van der Waals surface area contributed by atoms with E-state index >= 15 is 0 Å². The van der Waals surface area contributed by atoms with E-state index in [1.807, 2.05) is 6.92 Å². The van der Waals surface area contributed by atoms with E-state index < -0.39 is 5.91 Å². The van der Waals surface area contributed by atoms with Gasteiger partial charge in [-0.05, 0) is 6.42 Å². The van der Waals surface area contributed by atoms with Crippen molar-refractivity contribution in [3.05, 3.63) is 0 Å². The number of carbonyl (C=O) groups is 2. The van der Waals surface area contributed by atoms with E-state index in [0.717, 1.165) is 12.8 Å². The molecule has 3 N–H and O–H groups in total. The lowest BCUT2D eigenvalue weighted by atomic mass is 10.2. The van der Waals surface area contributed by atoms with Crippen LogP contribution < -0.4 is 11.1 Å². The highest BCUT2D eigenvalue weighted by molar-refractivity contribution is 5.86. The van der Waals surface area contributed by atoms with Crippen LogP contribution in [0.15, 0.2) is 0 Å². The number of carbonyl (C=O) groups excluding carboxylic acids is 2. The van der Waals surface area contributed by atoms with E-state index in [1.54, 1.807) is 0 Å². The van der Waals surface area contributed by atoms with Crippen LogP contribution in [0.1, 0.15) is 19.8 Å². The Hall–Kier alpha value is -1.10. The average molecular weight is 185 g/mol. The second kappa shape index (κ2) is 4.23. The minimum absolute atomic E-state index is 0.00926. The maximum absolute atomic E-state index is 11.3. The van der Waals surface area contributed by atoms with Gasteiger partial charge in [-0.3, -0.25) is 14.9 Å². The summed E-state index contributed by atoms with van der Waals surface area (Å²) in [5.74, 6) is -0.504. The molecule has 0 aromatic heterocycles. The highest BCUT2D eigenvalue weighted by Gasteiger charge is 2.30. The molecule has 0 bridgehead atoms. The molecular weight excluding hydrogens is 170 g/mol. The summed E-state index contributed by atoms with van der Waals surface area (Å²) in [6.07, 6.45) is 1.82. The Morgan fingerprint density at radius 1 is 1.77 bits per heavy atom. The molecule has 1 saturated heterocycles. The van der Waals surface area contributed by atoms with Gasteiger partial charge >= 0.3 is 0 Å². The minimum atomic E-state index is -0.460. The largest absolute Gasteiger partial charge is 0.368 e. The van der Waals surface area contributed by atoms with Gasteiger partial charge in [0.1, 0.15) is 6.54 Å². The van der Waals surface area contributed by atoms with Gasteiger partial charge in [0.15, 0.2) is 0 Å². The third kappa shape index (κ3) is 2.42. The molecule has 1 atom stereocenters. The van der Waals surface area contributed by atoms with Crippen molar-refractivity contribution in [1.29, 1.82) is 0 Å². The van der Waals surface area contributed by atoms with E-state index in [-0.39, 0.29) is 18.6 Å². The van der Waals surface area contributed by atoms with Crippen molar-refractivity contribution in [2.75, 3.05) is 13.1 Å². The van der Waals surface area contributed by atoms with Crippen molar-refractivity contribution in [2.45, 2.75) is 25.9 Å². The summed E-state index contributed by atoms with van der Waals surface area (Å²) < 4.78 is 0. The van der Waals surface area contributed by atoms with Gasteiger partial charge in [0.2, 0.25) is 11.8 Å². The van der Waals surface area contributed by atoms with Crippen LogP contribution in [0.5, 0.6) is 0 Å². The van der Waals surface area contributed by atoms with E-state index in [1.165, 1.54) is 4.90 Å². The Kier molecular flexibility index (Phi) is 3.25. The molecule has 1 heterocycles. The first-order chi connectivity index (χ1) is 6.15. The van der Waals surface area contributed by atoms with Crippen LogP contribution in [0.3, 0.4) is 0 Å². The lowest BCUT2D eigenvalue weighted by Gasteiger charge is -2.22. The van der Waals surface area contributed by atoms with Gasteiger partial charge in [-0.15, -0.1) is 0 Å². The van der Waals surface area contributed by atoms with Crippen LogP contribution >= 0.6 is 0 Å². The van der Waals surface area contributed by atoms with Crippen LogP contribution in [-0.2, 0) is 9.59 Å². The molecule has 1 fully saturated rings. The highest BCUT2D eigenvalue weighted by Crippen LogP contribution is 2.09. The Balaban J connectivity index is 2.54. The Morgan fingerprint density at radius 3 is 3.00 bits per heavy atom. The van der Waals surface area contributed by atoms with Crippen molar-refractivity contribution >= 4 is 11.8 Å². The van der Waals surface area contributed by atoms with Crippen LogP contribution in [0, 0.1) is 0 Å². The summed E-state index contributed by atoms with van der Waals surface area (Å²) >= 11 is 0. The Bertz CT molecular complexity index is 217. The van der Waals surface area contributed by atoms with Crippen molar-refractivity contribution in [3.63, 3.8) is 0 Å². The molecule has 5 heteroatoms. The maximum atomic E-state index is 11.3. The van der Waals surface area contributed by atoms with Crippen molar-refractivity contribution in [2.24, 2.45) is 5.73 Å². The van der Waals surface area contributed by atoms with Crippen LogP contribution in [-0.4, -0.2) is 36.0 Å². The van der Waals surface area contributed by atoms with E-state index in [2.05, 4.69) is 5.32 Å². The standard InChI is InChI=1S/C8H15N3O2/c1-2-3-7-10-4-8(13)11(7)5-6(9)12/h7,10H,2-5H2,1H3,(H2,9,12). The van der Waals surface area contributed by atoms with Crippen LogP contribution in [0.4, 0.5) is 0 Å². The fourth-order valence-corrected chi connectivity index (χ4v) is 1.49. The van der Waals surface area contributed by atoms with E-state index in [0.29, 0.717) is 6.54 Å². The van der Waals surface area contributed by atoms with Crippen molar-refractivity contribution in [1.82, 2.24) is 10.2 Å². The molecule has 0 aromatic carbocycles. The second-order valence-electron chi connectivity index (χ2n) is 3.17. The molecule has 1 aliphatic heterocycles. The molecule has 0 spiro atoms. The molecule has 2 amide bonds. The maximum Gasteiger partial charge on any atom is 0.238 e. The highest BCUT2D eigenvalue weighted by atomic mass is 16.2. The average Bonchev–Trinajstić information content (AvgIpc) is 2.36. The Morgan fingerprint density at radius 2 is 2.46 bits per heavy atom. The first-order valence-corrected chi connectivity index (χ1v) is 4.46. The topological polar surface area (TPSA) is 75.4 Å². The molecule has 0 aromatic rings. The molecule has 1 aliphatic rings. The number of hydrogen-bond donors (Lipinski definition) is 2. The summed E-state index contributed by atoms with van der Waals surface area (Å²) in [6, 6.07) is 0. The monoisotopic (exact) mass is 185 g/mol. The lowest BCUT2D eigenvalue weighted by Crippen LogP contribution is -2.42. The summed E-state index contributed by atoms with van der Waals surface area (Å²) in [5.41, 5.74) is 5.03. The number of nitrogens with two attached hydrogens (primary N) is 1. The lowest BCUT2D eigenvalue weighted by molar-refractivity contribution is -0.132. The Labute approximate surface area is 77.3 Å². The predicted octanol–water partition coefficient (Wildman–Crippen LogP) is -0.970. The molecule has 0 saturated carbocycles. The second-order valence-corrected chi connectivity index (χ2v) is 3.17. The fraction of sp³-hybridized carbons (Fsp3) is 0.750. The van der Waals surface area contributed by atoms with Gasteiger partial charge in [-0.1, -0.05) is 13.3 Å². The van der Waals surface area contributed by atoms with Gasteiger partial charge < -0.3 is 10.6 Å². The molecule has 1 unspecified atom stereocenters. The first kappa shape index (κ1) is 9.98. The zero-order valence-electron chi connectivity index (χ0n) is 7.75. The molecule has 1 rings (SSSR count). The molecule has 0 radical (unpaired) electrons. The fourth-order valence-electron chi connectivity index (χ4n) is 1.49. The van der Waals surface area contributed by atoms with E-state index in [4.69, 9.17) is 5.73 Å². The van der Waals surface area contributed by atoms with Gasteiger partial charge in [0.05, 0.1) is 12.7 Å². The van der Waals surface area contributed by atoms with Crippen LogP contribution in [0.2, 0.25) is 0 Å². The zero-order chi connectivity index (χ0) is 9.84. The van der Waals surface area contributed by atoms with Crippen molar-refractivity contribution in [3.8, 4) is 0 Å². The smallest absolute Gasteiger partial charge is 0.238 e. The van der Waals surface area contributed by atoms with E-state index in [9.17, 15) is 9.59 Å². The molecule has 74 valence electrons.